The Bertz CT molecular complexity index is 634. The van der Waals surface area contributed by atoms with E-state index in [9.17, 15) is 4.79 Å². The number of amides is 1. The van der Waals surface area contributed by atoms with Crippen LogP contribution in [0.1, 0.15) is 17.5 Å². The quantitative estimate of drug-likeness (QED) is 0.807. The number of ether oxygens (including phenoxy) is 1. The molecule has 1 aliphatic heterocycles. The number of aryl methyl sites for hydroxylation is 1. The summed E-state index contributed by atoms with van der Waals surface area (Å²) in [5.41, 5.74) is 3.64. The van der Waals surface area contributed by atoms with Gasteiger partial charge in [0.1, 0.15) is 0 Å². The molecule has 0 aliphatic carbocycles. The molecule has 24 heavy (non-hydrogen) atoms. The lowest BCUT2D eigenvalue weighted by molar-refractivity contribution is -0.130. The van der Waals surface area contributed by atoms with Gasteiger partial charge in [-0.2, -0.15) is 11.3 Å². The Kier molecular flexibility index (Phi) is 5.88. The van der Waals surface area contributed by atoms with Crippen LogP contribution in [0.15, 0.2) is 41.1 Å². The molecule has 0 unspecified atom stereocenters. The molecule has 2 heterocycles. The fourth-order valence-electron chi connectivity index (χ4n) is 2.87. The summed E-state index contributed by atoms with van der Waals surface area (Å²) in [7, 11) is 1.88. The van der Waals surface area contributed by atoms with Gasteiger partial charge in [0.05, 0.1) is 13.2 Å². The molecule has 128 valence electrons. The summed E-state index contributed by atoms with van der Waals surface area (Å²) in [6, 6.07) is 10.6. The monoisotopic (exact) mass is 344 g/mol. The standard InChI is InChI=1S/C19H24N2O2S/c1-20(19(22)7-4-17-8-13-24-15-17)14-16-2-5-18(6-3-16)21-9-11-23-12-10-21/h2-3,5-6,8,13,15H,4,7,9-12,14H2,1H3. The smallest absolute Gasteiger partial charge is 0.222 e. The van der Waals surface area contributed by atoms with Crippen LogP contribution in [-0.2, 0) is 22.5 Å². The molecule has 1 saturated heterocycles. The predicted molar refractivity (Wildman–Crippen MR) is 98.6 cm³/mol. The largest absolute Gasteiger partial charge is 0.378 e. The molecule has 1 fully saturated rings. The highest BCUT2D eigenvalue weighted by atomic mass is 32.1. The average Bonchev–Trinajstić information content (AvgIpc) is 3.14. The van der Waals surface area contributed by atoms with Gasteiger partial charge < -0.3 is 14.5 Å². The second-order valence-electron chi connectivity index (χ2n) is 6.15. The van der Waals surface area contributed by atoms with E-state index >= 15 is 0 Å². The Balaban J connectivity index is 1.50. The fourth-order valence-corrected chi connectivity index (χ4v) is 3.58. The van der Waals surface area contributed by atoms with Gasteiger partial charge in [-0.05, 0) is 46.5 Å². The second-order valence-corrected chi connectivity index (χ2v) is 6.93. The Hall–Kier alpha value is -1.85. The lowest BCUT2D eigenvalue weighted by atomic mass is 10.1. The van der Waals surface area contributed by atoms with E-state index in [-0.39, 0.29) is 5.91 Å². The van der Waals surface area contributed by atoms with Crippen molar-refractivity contribution in [3.05, 3.63) is 52.2 Å². The second kappa shape index (κ2) is 8.31. The zero-order valence-electron chi connectivity index (χ0n) is 14.1. The number of carbonyl (C=O) groups is 1. The first-order valence-corrected chi connectivity index (χ1v) is 9.33. The SMILES string of the molecule is CN(Cc1ccc(N2CCOCC2)cc1)C(=O)CCc1ccsc1. The highest BCUT2D eigenvalue weighted by molar-refractivity contribution is 7.07. The summed E-state index contributed by atoms with van der Waals surface area (Å²) in [6.45, 7) is 4.14. The number of benzene rings is 1. The van der Waals surface area contributed by atoms with E-state index in [0.717, 1.165) is 32.7 Å². The molecular formula is C19H24N2O2S. The molecule has 1 amide bonds. The minimum atomic E-state index is 0.193. The van der Waals surface area contributed by atoms with Gasteiger partial charge in [-0.1, -0.05) is 12.1 Å². The van der Waals surface area contributed by atoms with Crippen LogP contribution in [0.4, 0.5) is 5.69 Å². The molecule has 1 aromatic carbocycles. The number of hydrogen-bond donors (Lipinski definition) is 0. The van der Waals surface area contributed by atoms with Gasteiger partial charge in [0, 0.05) is 38.8 Å². The van der Waals surface area contributed by atoms with E-state index in [0.29, 0.717) is 13.0 Å². The number of carbonyl (C=O) groups excluding carboxylic acids is 1. The highest BCUT2D eigenvalue weighted by Gasteiger charge is 2.12. The third-order valence-electron chi connectivity index (χ3n) is 4.37. The zero-order valence-corrected chi connectivity index (χ0v) is 14.9. The van der Waals surface area contributed by atoms with Gasteiger partial charge in [0.2, 0.25) is 5.91 Å². The first-order chi connectivity index (χ1) is 11.7. The maximum atomic E-state index is 12.3. The van der Waals surface area contributed by atoms with Crippen molar-refractivity contribution in [3.63, 3.8) is 0 Å². The fraction of sp³-hybridized carbons (Fsp3) is 0.421. The van der Waals surface area contributed by atoms with Crippen molar-refractivity contribution >= 4 is 22.9 Å². The summed E-state index contributed by atoms with van der Waals surface area (Å²) in [5.74, 6) is 0.193. The van der Waals surface area contributed by atoms with Crippen LogP contribution in [0.3, 0.4) is 0 Å². The van der Waals surface area contributed by atoms with Crippen molar-refractivity contribution < 1.29 is 9.53 Å². The third kappa shape index (κ3) is 4.58. The molecule has 5 heteroatoms. The molecule has 2 aromatic rings. The van der Waals surface area contributed by atoms with Gasteiger partial charge in [-0.15, -0.1) is 0 Å². The lowest BCUT2D eigenvalue weighted by Crippen LogP contribution is -2.36. The van der Waals surface area contributed by atoms with E-state index in [1.54, 1.807) is 11.3 Å². The van der Waals surface area contributed by atoms with Crippen molar-refractivity contribution in [3.8, 4) is 0 Å². The molecular weight excluding hydrogens is 320 g/mol. The molecule has 0 bridgehead atoms. The summed E-state index contributed by atoms with van der Waals surface area (Å²) in [5, 5.41) is 4.16. The van der Waals surface area contributed by atoms with Gasteiger partial charge >= 0.3 is 0 Å². The average molecular weight is 344 g/mol. The maximum absolute atomic E-state index is 12.3. The number of anilines is 1. The first kappa shape index (κ1) is 17.0. The molecule has 1 aromatic heterocycles. The number of nitrogens with zero attached hydrogens (tertiary/aromatic N) is 2. The van der Waals surface area contributed by atoms with E-state index in [1.807, 2.05) is 11.9 Å². The molecule has 1 aliphatic rings. The maximum Gasteiger partial charge on any atom is 0.222 e. The van der Waals surface area contributed by atoms with E-state index in [2.05, 4.69) is 46.0 Å². The summed E-state index contributed by atoms with van der Waals surface area (Å²) in [4.78, 5) is 16.4. The van der Waals surface area contributed by atoms with Crippen LogP contribution in [0, 0.1) is 0 Å². The zero-order chi connectivity index (χ0) is 16.8. The Morgan fingerprint density at radius 2 is 1.92 bits per heavy atom. The van der Waals surface area contributed by atoms with Crippen LogP contribution in [0.2, 0.25) is 0 Å². The summed E-state index contributed by atoms with van der Waals surface area (Å²) < 4.78 is 5.39. The molecule has 0 saturated carbocycles. The van der Waals surface area contributed by atoms with Gasteiger partial charge in [-0.3, -0.25) is 4.79 Å². The minimum Gasteiger partial charge on any atom is -0.378 e. The first-order valence-electron chi connectivity index (χ1n) is 8.39. The summed E-state index contributed by atoms with van der Waals surface area (Å²) in [6.07, 6.45) is 1.39. The number of morpholine rings is 1. The van der Waals surface area contributed by atoms with Crippen molar-refractivity contribution in [1.82, 2.24) is 4.90 Å². The van der Waals surface area contributed by atoms with Crippen molar-refractivity contribution in [2.45, 2.75) is 19.4 Å². The lowest BCUT2D eigenvalue weighted by Gasteiger charge is -2.29. The van der Waals surface area contributed by atoms with E-state index in [4.69, 9.17) is 4.74 Å². The van der Waals surface area contributed by atoms with Crippen LogP contribution < -0.4 is 4.90 Å². The molecule has 4 nitrogen and oxygen atoms in total. The highest BCUT2D eigenvalue weighted by Crippen LogP contribution is 2.17. The van der Waals surface area contributed by atoms with Crippen LogP contribution in [0.5, 0.6) is 0 Å². The Morgan fingerprint density at radius 1 is 1.17 bits per heavy atom. The Morgan fingerprint density at radius 3 is 2.58 bits per heavy atom. The van der Waals surface area contributed by atoms with Crippen LogP contribution in [0.25, 0.3) is 0 Å². The van der Waals surface area contributed by atoms with Crippen molar-refractivity contribution in [2.75, 3.05) is 38.3 Å². The number of rotatable bonds is 6. The molecule has 0 radical (unpaired) electrons. The molecule has 0 N–H and O–H groups in total. The number of hydrogen-bond acceptors (Lipinski definition) is 4. The Labute approximate surface area is 147 Å². The predicted octanol–water partition coefficient (Wildman–Crippen LogP) is 3.18. The molecule has 0 spiro atoms. The van der Waals surface area contributed by atoms with Gasteiger partial charge in [0.15, 0.2) is 0 Å². The van der Waals surface area contributed by atoms with E-state index in [1.165, 1.54) is 16.8 Å². The topological polar surface area (TPSA) is 32.8 Å². The number of thiophene rings is 1. The van der Waals surface area contributed by atoms with Crippen molar-refractivity contribution in [1.29, 1.82) is 0 Å². The third-order valence-corrected chi connectivity index (χ3v) is 5.10. The van der Waals surface area contributed by atoms with Gasteiger partial charge in [-0.25, -0.2) is 0 Å². The normalized spacial score (nSPS) is 14.6. The van der Waals surface area contributed by atoms with Gasteiger partial charge in [0.25, 0.3) is 0 Å². The summed E-state index contributed by atoms with van der Waals surface area (Å²) >= 11 is 1.68. The van der Waals surface area contributed by atoms with Crippen molar-refractivity contribution in [2.24, 2.45) is 0 Å². The van der Waals surface area contributed by atoms with Crippen LogP contribution >= 0.6 is 11.3 Å². The molecule has 0 atom stereocenters. The minimum absolute atomic E-state index is 0.193. The molecule has 3 rings (SSSR count). The van der Waals surface area contributed by atoms with Crippen LogP contribution in [-0.4, -0.2) is 44.2 Å². The van der Waals surface area contributed by atoms with E-state index < -0.39 is 0 Å².